The standard InChI is InChI=1S/C28H32N2O/c31-28(30-16-8-12-21-11-4-6-14-26(21)30)24-17-23(24)25-19-29(18-20-9-2-1-3-10-20)27-15-7-5-13-22(25)27/h1-3,5,7,9-10,13,15,19,21,23-24,26H,4,6,8,11-12,14,16-18H2. The highest BCUT2D eigenvalue weighted by molar-refractivity contribution is 5.89. The number of hydrogen-bond acceptors (Lipinski definition) is 1. The van der Waals surface area contributed by atoms with Gasteiger partial charge in [0.1, 0.15) is 0 Å². The Morgan fingerprint density at radius 3 is 2.58 bits per heavy atom. The second kappa shape index (κ2) is 7.85. The van der Waals surface area contributed by atoms with Gasteiger partial charge in [-0.25, -0.2) is 0 Å². The van der Waals surface area contributed by atoms with Gasteiger partial charge in [-0.05, 0) is 61.1 Å². The molecule has 4 unspecified atom stereocenters. The highest BCUT2D eigenvalue weighted by atomic mass is 16.2. The van der Waals surface area contributed by atoms with Crippen molar-refractivity contribution in [3.05, 3.63) is 71.9 Å². The summed E-state index contributed by atoms with van der Waals surface area (Å²) in [6, 6.07) is 19.9. The number of piperidine rings is 1. The van der Waals surface area contributed by atoms with Crippen LogP contribution < -0.4 is 0 Å². The van der Waals surface area contributed by atoms with Crippen LogP contribution in [-0.4, -0.2) is 28.0 Å². The maximum absolute atomic E-state index is 13.6. The van der Waals surface area contributed by atoms with E-state index in [0.717, 1.165) is 25.4 Å². The molecule has 1 amide bonds. The van der Waals surface area contributed by atoms with Crippen molar-refractivity contribution in [2.45, 2.75) is 63.5 Å². The molecule has 0 radical (unpaired) electrons. The fourth-order valence-electron chi connectivity index (χ4n) is 6.40. The van der Waals surface area contributed by atoms with Crippen LogP contribution in [0.15, 0.2) is 60.8 Å². The maximum atomic E-state index is 13.6. The molecule has 3 fully saturated rings. The molecule has 31 heavy (non-hydrogen) atoms. The minimum atomic E-state index is 0.191. The fourth-order valence-corrected chi connectivity index (χ4v) is 6.40. The monoisotopic (exact) mass is 412 g/mol. The van der Waals surface area contributed by atoms with Gasteiger partial charge in [0, 0.05) is 42.1 Å². The Bertz CT molecular complexity index is 1080. The van der Waals surface area contributed by atoms with Crippen molar-refractivity contribution < 1.29 is 4.79 Å². The van der Waals surface area contributed by atoms with E-state index in [9.17, 15) is 4.79 Å². The van der Waals surface area contributed by atoms with Crippen LogP contribution in [0, 0.1) is 11.8 Å². The highest BCUT2D eigenvalue weighted by Gasteiger charge is 2.49. The number of aromatic nitrogens is 1. The summed E-state index contributed by atoms with van der Waals surface area (Å²) in [5.41, 5.74) is 3.97. The molecule has 1 aromatic heterocycles. The first-order valence-corrected chi connectivity index (χ1v) is 12.2. The smallest absolute Gasteiger partial charge is 0.226 e. The Hall–Kier alpha value is -2.55. The molecule has 2 saturated carbocycles. The van der Waals surface area contributed by atoms with Gasteiger partial charge in [-0.15, -0.1) is 0 Å². The largest absolute Gasteiger partial charge is 0.343 e. The second-order valence-corrected chi connectivity index (χ2v) is 9.95. The predicted octanol–water partition coefficient (Wildman–Crippen LogP) is 5.97. The second-order valence-electron chi connectivity index (χ2n) is 9.95. The molecule has 2 aliphatic carbocycles. The van der Waals surface area contributed by atoms with E-state index in [1.165, 1.54) is 60.6 Å². The number of amides is 1. The quantitative estimate of drug-likeness (QED) is 0.518. The molecule has 3 aliphatic rings. The molecule has 0 spiro atoms. The van der Waals surface area contributed by atoms with Crippen molar-refractivity contribution in [3.63, 3.8) is 0 Å². The zero-order valence-electron chi connectivity index (χ0n) is 18.2. The molecule has 6 rings (SSSR count). The number of rotatable bonds is 4. The minimum absolute atomic E-state index is 0.191. The molecule has 1 aliphatic heterocycles. The van der Waals surface area contributed by atoms with Crippen molar-refractivity contribution in [3.8, 4) is 0 Å². The minimum Gasteiger partial charge on any atom is -0.343 e. The summed E-state index contributed by atoms with van der Waals surface area (Å²) in [7, 11) is 0. The lowest BCUT2D eigenvalue weighted by molar-refractivity contribution is -0.139. The molecular formula is C28H32N2O. The Morgan fingerprint density at radius 2 is 1.68 bits per heavy atom. The van der Waals surface area contributed by atoms with Crippen molar-refractivity contribution in [1.29, 1.82) is 0 Å². The normalized spacial score (nSPS) is 27.8. The third-order valence-electron chi connectivity index (χ3n) is 8.05. The lowest BCUT2D eigenvalue weighted by Crippen LogP contribution is -2.50. The summed E-state index contributed by atoms with van der Waals surface area (Å²) in [5, 5.41) is 1.33. The number of likely N-dealkylation sites (tertiary alicyclic amines) is 1. The molecule has 0 N–H and O–H groups in total. The summed E-state index contributed by atoms with van der Waals surface area (Å²) in [6.45, 7) is 1.86. The average Bonchev–Trinajstić information content (AvgIpc) is 3.55. The van der Waals surface area contributed by atoms with E-state index in [4.69, 9.17) is 0 Å². The number of hydrogen-bond donors (Lipinski definition) is 0. The van der Waals surface area contributed by atoms with E-state index >= 15 is 0 Å². The zero-order valence-corrected chi connectivity index (χ0v) is 18.2. The van der Waals surface area contributed by atoms with Gasteiger partial charge in [-0.2, -0.15) is 0 Å². The molecule has 4 atom stereocenters. The zero-order chi connectivity index (χ0) is 20.8. The van der Waals surface area contributed by atoms with Crippen LogP contribution in [-0.2, 0) is 11.3 Å². The van der Waals surface area contributed by atoms with Gasteiger partial charge in [0.05, 0.1) is 0 Å². The summed E-state index contributed by atoms with van der Waals surface area (Å²) in [5.74, 6) is 1.79. The van der Waals surface area contributed by atoms with Gasteiger partial charge >= 0.3 is 0 Å². The van der Waals surface area contributed by atoms with Gasteiger partial charge in [0.15, 0.2) is 0 Å². The van der Waals surface area contributed by atoms with Crippen LogP contribution in [0.5, 0.6) is 0 Å². The first kappa shape index (κ1) is 19.2. The molecule has 3 aromatic rings. The maximum Gasteiger partial charge on any atom is 0.226 e. The van der Waals surface area contributed by atoms with Gasteiger partial charge in [-0.1, -0.05) is 61.4 Å². The molecule has 3 nitrogen and oxygen atoms in total. The topological polar surface area (TPSA) is 25.2 Å². The number of fused-ring (bicyclic) bond motifs is 2. The van der Waals surface area contributed by atoms with Crippen LogP contribution >= 0.6 is 0 Å². The fraction of sp³-hybridized carbons (Fsp3) is 0.464. The third kappa shape index (κ3) is 3.48. The first-order valence-electron chi connectivity index (χ1n) is 12.2. The third-order valence-corrected chi connectivity index (χ3v) is 8.05. The summed E-state index contributed by atoms with van der Waals surface area (Å²) < 4.78 is 2.37. The Morgan fingerprint density at radius 1 is 0.903 bits per heavy atom. The summed E-state index contributed by atoms with van der Waals surface area (Å²) in [4.78, 5) is 15.9. The molecule has 2 aromatic carbocycles. The number of carbonyl (C=O) groups excluding carboxylic acids is 1. The number of carbonyl (C=O) groups is 1. The SMILES string of the molecule is O=C(C1CC1c1cn(Cc2ccccc2)c2ccccc12)N1CCCC2CCCCC21. The van der Waals surface area contributed by atoms with Crippen LogP contribution in [0.1, 0.15) is 62.0 Å². The molecular weight excluding hydrogens is 380 g/mol. The van der Waals surface area contributed by atoms with Crippen molar-refractivity contribution in [2.24, 2.45) is 11.8 Å². The lowest BCUT2D eigenvalue weighted by Gasteiger charge is -2.44. The van der Waals surface area contributed by atoms with Crippen LogP contribution in [0.2, 0.25) is 0 Å². The Kier molecular flexibility index (Phi) is 4.85. The van der Waals surface area contributed by atoms with E-state index in [1.807, 2.05) is 0 Å². The van der Waals surface area contributed by atoms with Gasteiger partial charge in [-0.3, -0.25) is 4.79 Å². The number of nitrogens with zero attached hydrogens (tertiary/aromatic N) is 2. The Balaban J connectivity index is 1.25. The predicted molar refractivity (Wildman–Crippen MR) is 125 cm³/mol. The van der Waals surface area contributed by atoms with E-state index < -0.39 is 0 Å². The van der Waals surface area contributed by atoms with Crippen molar-refractivity contribution in [2.75, 3.05) is 6.54 Å². The number of para-hydroxylation sites is 1. The average molecular weight is 413 g/mol. The van der Waals surface area contributed by atoms with E-state index in [-0.39, 0.29) is 5.92 Å². The van der Waals surface area contributed by atoms with E-state index in [1.54, 1.807) is 0 Å². The summed E-state index contributed by atoms with van der Waals surface area (Å²) >= 11 is 0. The highest BCUT2D eigenvalue weighted by Crippen LogP contribution is 2.52. The van der Waals surface area contributed by atoms with Crippen LogP contribution in [0.3, 0.4) is 0 Å². The van der Waals surface area contributed by atoms with Crippen LogP contribution in [0.4, 0.5) is 0 Å². The number of benzene rings is 2. The van der Waals surface area contributed by atoms with E-state index in [2.05, 4.69) is 70.3 Å². The molecule has 2 heterocycles. The molecule has 3 heteroatoms. The van der Waals surface area contributed by atoms with Crippen LogP contribution in [0.25, 0.3) is 10.9 Å². The van der Waals surface area contributed by atoms with E-state index in [0.29, 0.717) is 17.9 Å². The molecule has 1 saturated heterocycles. The first-order chi connectivity index (χ1) is 15.3. The summed E-state index contributed by atoms with van der Waals surface area (Å²) in [6.07, 6.45) is 11.1. The Labute approximate surface area is 185 Å². The van der Waals surface area contributed by atoms with Gasteiger partial charge in [0.25, 0.3) is 0 Å². The van der Waals surface area contributed by atoms with Gasteiger partial charge in [0.2, 0.25) is 5.91 Å². The van der Waals surface area contributed by atoms with Crippen molar-refractivity contribution in [1.82, 2.24) is 9.47 Å². The molecule has 0 bridgehead atoms. The lowest BCUT2D eigenvalue weighted by atomic mass is 9.78. The molecule has 160 valence electrons. The van der Waals surface area contributed by atoms with Crippen molar-refractivity contribution >= 4 is 16.8 Å². The van der Waals surface area contributed by atoms with Gasteiger partial charge < -0.3 is 9.47 Å².